The standard InChI is InChI=1S/C12H9N3O3S/c16-15(17)9-2-1-3-10-11(9)14-12(18-10)13-6-8-4-5-19-7-8/h1-5,7H,6H2,(H,13,14). The number of fused-ring (bicyclic) bond motifs is 1. The van der Waals surface area contributed by atoms with Gasteiger partial charge in [-0.15, -0.1) is 0 Å². The van der Waals surface area contributed by atoms with Gasteiger partial charge in [-0.1, -0.05) is 6.07 Å². The first-order chi connectivity index (χ1) is 9.24. The highest BCUT2D eigenvalue weighted by Crippen LogP contribution is 2.27. The van der Waals surface area contributed by atoms with Crippen LogP contribution in [0.1, 0.15) is 5.56 Å². The summed E-state index contributed by atoms with van der Waals surface area (Å²) in [7, 11) is 0. The average molecular weight is 275 g/mol. The Balaban J connectivity index is 1.89. The van der Waals surface area contributed by atoms with E-state index in [1.54, 1.807) is 23.5 Å². The Kier molecular flexibility index (Phi) is 2.88. The number of thiophene rings is 1. The Morgan fingerprint density at radius 1 is 1.42 bits per heavy atom. The molecule has 6 nitrogen and oxygen atoms in total. The van der Waals surface area contributed by atoms with Crippen molar-refractivity contribution in [2.24, 2.45) is 0 Å². The monoisotopic (exact) mass is 275 g/mol. The van der Waals surface area contributed by atoms with E-state index in [1.165, 1.54) is 6.07 Å². The summed E-state index contributed by atoms with van der Waals surface area (Å²) >= 11 is 1.61. The van der Waals surface area contributed by atoms with Crippen LogP contribution in [0.4, 0.5) is 11.7 Å². The number of hydrogen-bond donors (Lipinski definition) is 1. The summed E-state index contributed by atoms with van der Waals surface area (Å²) in [5, 5.41) is 17.9. The number of rotatable bonds is 4. The summed E-state index contributed by atoms with van der Waals surface area (Å²) in [5.74, 6) is 0. The molecule has 0 atom stereocenters. The molecule has 0 bridgehead atoms. The predicted molar refractivity (Wildman–Crippen MR) is 72.3 cm³/mol. The van der Waals surface area contributed by atoms with Crippen LogP contribution in [0, 0.1) is 10.1 Å². The number of nitro groups is 1. The predicted octanol–water partition coefficient (Wildman–Crippen LogP) is 3.41. The Labute approximate surface area is 111 Å². The molecular formula is C12H9N3O3S. The van der Waals surface area contributed by atoms with E-state index in [2.05, 4.69) is 10.3 Å². The Hall–Kier alpha value is -2.41. The highest BCUT2D eigenvalue weighted by Gasteiger charge is 2.17. The van der Waals surface area contributed by atoms with Gasteiger partial charge in [0.15, 0.2) is 11.1 Å². The van der Waals surface area contributed by atoms with Crippen molar-refractivity contribution in [1.29, 1.82) is 0 Å². The van der Waals surface area contributed by atoms with Crippen LogP contribution in [0.25, 0.3) is 11.1 Å². The van der Waals surface area contributed by atoms with Gasteiger partial charge in [-0.05, 0) is 28.5 Å². The van der Waals surface area contributed by atoms with Gasteiger partial charge in [0, 0.05) is 12.6 Å². The summed E-state index contributed by atoms with van der Waals surface area (Å²) in [6, 6.07) is 6.92. The molecule has 3 rings (SSSR count). The minimum Gasteiger partial charge on any atom is -0.423 e. The van der Waals surface area contributed by atoms with E-state index in [4.69, 9.17) is 4.42 Å². The Morgan fingerprint density at radius 3 is 3.05 bits per heavy atom. The molecule has 3 aromatic rings. The van der Waals surface area contributed by atoms with Crippen LogP contribution in [0.2, 0.25) is 0 Å². The molecule has 0 saturated carbocycles. The first-order valence-electron chi connectivity index (χ1n) is 5.53. The van der Waals surface area contributed by atoms with Crippen molar-refractivity contribution in [3.8, 4) is 0 Å². The third kappa shape index (κ3) is 2.27. The fourth-order valence-corrected chi connectivity index (χ4v) is 2.40. The Bertz CT molecular complexity index is 721. The maximum atomic E-state index is 10.9. The summed E-state index contributed by atoms with van der Waals surface area (Å²) in [6.07, 6.45) is 0. The van der Waals surface area contributed by atoms with Crippen LogP contribution in [0.15, 0.2) is 39.4 Å². The van der Waals surface area contributed by atoms with Crippen molar-refractivity contribution in [2.45, 2.75) is 6.54 Å². The molecule has 0 aliphatic rings. The van der Waals surface area contributed by atoms with Gasteiger partial charge < -0.3 is 9.73 Å². The number of benzene rings is 1. The van der Waals surface area contributed by atoms with Gasteiger partial charge in [0.2, 0.25) is 0 Å². The zero-order valence-electron chi connectivity index (χ0n) is 9.70. The molecule has 0 fully saturated rings. The van der Waals surface area contributed by atoms with Crippen molar-refractivity contribution < 1.29 is 9.34 Å². The molecule has 0 radical (unpaired) electrons. The topological polar surface area (TPSA) is 81.2 Å². The number of oxazole rings is 1. The molecule has 0 amide bonds. The molecule has 7 heteroatoms. The summed E-state index contributed by atoms with van der Waals surface area (Å²) in [5.41, 5.74) is 1.73. The summed E-state index contributed by atoms with van der Waals surface area (Å²) < 4.78 is 5.43. The normalized spacial score (nSPS) is 10.7. The quantitative estimate of drug-likeness (QED) is 0.583. The number of nitro benzene ring substituents is 1. The molecule has 2 heterocycles. The SMILES string of the molecule is O=[N+]([O-])c1cccc2oc(NCc3ccsc3)nc12. The number of non-ortho nitro benzene ring substituents is 1. The lowest BCUT2D eigenvalue weighted by Crippen LogP contribution is -1.97. The van der Waals surface area contributed by atoms with E-state index < -0.39 is 4.92 Å². The van der Waals surface area contributed by atoms with Crippen molar-refractivity contribution in [3.63, 3.8) is 0 Å². The van der Waals surface area contributed by atoms with Crippen molar-refractivity contribution in [1.82, 2.24) is 4.98 Å². The molecule has 1 aromatic carbocycles. The van der Waals surface area contributed by atoms with Crippen LogP contribution in [0.5, 0.6) is 0 Å². The highest BCUT2D eigenvalue weighted by molar-refractivity contribution is 7.07. The van der Waals surface area contributed by atoms with Crippen molar-refractivity contribution in [3.05, 3.63) is 50.7 Å². The maximum Gasteiger partial charge on any atom is 0.298 e. The number of nitrogens with zero attached hydrogens (tertiary/aromatic N) is 2. The third-order valence-electron chi connectivity index (χ3n) is 2.62. The van der Waals surface area contributed by atoms with Crippen LogP contribution in [-0.4, -0.2) is 9.91 Å². The van der Waals surface area contributed by atoms with Crippen molar-refractivity contribution in [2.75, 3.05) is 5.32 Å². The minimum absolute atomic E-state index is 0.0511. The number of nitrogens with one attached hydrogen (secondary N) is 1. The molecule has 0 saturated heterocycles. The van der Waals surface area contributed by atoms with E-state index >= 15 is 0 Å². The van der Waals surface area contributed by atoms with Crippen LogP contribution in [-0.2, 0) is 6.54 Å². The van der Waals surface area contributed by atoms with Gasteiger partial charge in [0.1, 0.15) is 0 Å². The molecular weight excluding hydrogens is 266 g/mol. The first-order valence-corrected chi connectivity index (χ1v) is 6.47. The molecule has 0 aliphatic heterocycles. The van der Waals surface area contributed by atoms with Crippen LogP contribution < -0.4 is 5.32 Å². The lowest BCUT2D eigenvalue weighted by Gasteiger charge is -1.97. The first kappa shape index (κ1) is 11.7. The second-order valence-corrected chi connectivity index (χ2v) is 4.67. The largest absolute Gasteiger partial charge is 0.423 e. The molecule has 2 aromatic heterocycles. The lowest BCUT2D eigenvalue weighted by molar-refractivity contribution is -0.383. The third-order valence-corrected chi connectivity index (χ3v) is 3.35. The van der Waals surface area contributed by atoms with E-state index in [0.717, 1.165) is 5.56 Å². The zero-order chi connectivity index (χ0) is 13.2. The lowest BCUT2D eigenvalue weighted by atomic mass is 10.3. The van der Waals surface area contributed by atoms with E-state index in [0.29, 0.717) is 12.1 Å². The van der Waals surface area contributed by atoms with Gasteiger partial charge in [-0.25, -0.2) is 0 Å². The molecule has 1 N–H and O–H groups in total. The van der Waals surface area contributed by atoms with Crippen molar-refractivity contribution >= 4 is 34.1 Å². The molecule has 0 unspecified atom stereocenters. The van der Waals surface area contributed by atoms with E-state index in [-0.39, 0.29) is 17.2 Å². The Morgan fingerprint density at radius 2 is 2.32 bits per heavy atom. The summed E-state index contributed by atoms with van der Waals surface area (Å²) in [6.45, 7) is 0.574. The van der Waals surface area contributed by atoms with Gasteiger partial charge in [-0.2, -0.15) is 16.3 Å². The number of para-hydroxylation sites is 1. The zero-order valence-corrected chi connectivity index (χ0v) is 10.5. The van der Waals surface area contributed by atoms with E-state index in [9.17, 15) is 10.1 Å². The second-order valence-electron chi connectivity index (χ2n) is 3.89. The summed E-state index contributed by atoms with van der Waals surface area (Å²) in [4.78, 5) is 14.5. The van der Waals surface area contributed by atoms with E-state index in [1.807, 2.05) is 16.8 Å². The van der Waals surface area contributed by atoms with Crippen LogP contribution in [0.3, 0.4) is 0 Å². The second kappa shape index (κ2) is 4.69. The van der Waals surface area contributed by atoms with Gasteiger partial charge in [-0.3, -0.25) is 10.1 Å². The van der Waals surface area contributed by atoms with Crippen LogP contribution >= 0.6 is 11.3 Å². The molecule has 0 spiro atoms. The highest BCUT2D eigenvalue weighted by atomic mass is 32.1. The minimum atomic E-state index is -0.465. The number of aromatic nitrogens is 1. The molecule has 96 valence electrons. The number of anilines is 1. The van der Waals surface area contributed by atoms with Gasteiger partial charge in [0.05, 0.1) is 4.92 Å². The fraction of sp³-hybridized carbons (Fsp3) is 0.0833. The smallest absolute Gasteiger partial charge is 0.298 e. The number of hydrogen-bond acceptors (Lipinski definition) is 6. The maximum absolute atomic E-state index is 10.9. The van der Waals surface area contributed by atoms with Gasteiger partial charge in [0.25, 0.3) is 11.7 Å². The fourth-order valence-electron chi connectivity index (χ4n) is 1.73. The molecule has 19 heavy (non-hydrogen) atoms. The van der Waals surface area contributed by atoms with Gasteiger partial charge >= 0.3 is 0 Å². The molecule has 0 aliphatic carbocycles. The average Bonchev–Trinajstić information content (AvgIpc) is 3.04.